The van der Waals surface area contributed by atoms with Gasteiger partial charge in [-0.2, -0.15) is 4.67 Å². The fourth-order valence-electron chi connectivity index (χ4n) is 3.94. The van der Waals surface area contributed by atoms with Gasteiger partial charge in [-0.1, -0.05) is 65.7 Å². The summed E-state index contributed by atoms with van der Waals surface area (Å²) in [6, 6.07) is 12.5. The summed E-state index contributed by atoms with van der Waals surface area (Å²) in [6.45, 7) is 10.4. The van der Waals surface area contributed by atoms with Gasteiger partial charge in [-0.15, -0.1) is 11.6 Å². The quantitative estimate of drug-likeness (QED) is 0.0514. The van der Waals surface area contributed by atoms with Crippen molar-refractivity contribution in [3.05, 3.63) is 54.1 Å². The van der Waals surface area contributed by atoms with Gasteiger partial charge in [0.05, 0.1) is 18.9 Å². The molecule has 244 valence electrons. The number of alkyl halides is 1. The minimum absolute atomic E-state index is 0.0522. The molecular formula is C31H44ClN2O9P. The van der Waals surface area contributed by atoms with Crippen molar-refractivity contribution in [2.24, 2.45) is 5.41 Å². The third kappa shape index (κ3) is 10.1. The second kappa shape index (κ2) is 16.5. The van der Waals surface area contributed by atoms with Crippen LogP contribution in [0.4, 0.5) is 5.69 Å². The number of nitrogens with one attached hydrogen (secondary N) is 1. The molecule has 0 saturated heterocycles. The van der Waals surface area contributed by atoms with E-state index in [1.165, 1.54) is 25.1 Å². The minimum Gasteiger partial charge on any atom is -0.455 e. The van der Waals surface area contributed by atoms with E-state index in [1.807, 2.05) is 13.8 Å². The van der Waals surface area contributed by atoms with Crippen LogP contribution in [0.25, 0.3) is 0 Å². The highest BCUT2D eigenvalue weighted by molar-refractivity contribution is 7.50. The largest absolute Gasteiger partial charge is 0.455 e. The first kappa shape index (κ1) is 37.4. The van der Waals surface area contributed by atoms with Crippen LogP contribution in [0, 0.1) is 5.41 Å². The molecule has 1 unspecified atom stereocenters. The van der Waals surface area contributed by atoms with Gasteiger partial charge < -0.3 is 29.3 Å². The van der Waals surface area contributed by atoms with Gasteiger partial charge in [0, 0.05) is 17.9 Å². The van der Waals surface area contributed by atoms with Crippen molar-refractivity contribution in [1.29, 1.82) is 0 Å². The van der Waals surface area contributed by atoms with Gasteiger partial charge >= 0.3 is 7.75 Å². The average molecular weight is 655 g/mol. The molecule has 2 amide bonds. The molecule has 0 spiro atoms. The van der Waals surface area contributed by atoms with E-state index in [1.54, 1.807) is 51.1 Å². The second-order valence-electron chi connectivity index (χ2n) is 11.0. The van der Waals surface area contributed by atoms with E-state index >= 15 is 0 Å². The number of hydrogen-bond donors (Lipinski definition) is 3. The van der Waals surface area contributed by atoms with E-state index in [2.05, 4.69) is 5.32 Å². The normalized spacial score (nSPS) is 12.8. The molecule has 0 radical (unpaired) electrons. The van der Waals surface area contributed by atoms with E-state index < -0.39 is 42.0 Å². The average Bonchev–Trinajstić information content (AvgIpc) is 2.97. The zero-order valence-electron chi connectivity index (χ0n) is 26.2. The predicted molar refractivity (Wildman–Crippen MR) is 169 cm³/mol. The Hall–Kier alpha value is -2.79. The van der Waals surface area contributed by atoms with Crippen molar-refractivity contribution < 1.29 is 42.9 Å². The molecule has 2 rings (SSSR count). The third-order valence-electron chi connectivity index (χ3n) is 7.04. The molecular weight excluding hydrogens is 611 g/mol. The summed E-state index contributed by atoms with van der Waals surface area (Å²) < 4.78 is 30.6. The highest BCUT2D eigenvalue weighted by Gasteiger charge is 2.48. The van der Waals surface area contributed by atoms with Crippen LogP contribution in [0.2, 0.25) is 0 Å². The van der Waals surface area contributed by atoms with Gasteiger partial charge in [0.25, 0.3) is 11.8 Å². The number of Topliss-reactive ketones (excluding diaryl/α,β-unsaturated/α-hetero) is 1. The van der Waals surface area contributed by atoms with Crippen LogP contribution >= 0.6 is 19.3 Å². The Bertz CT molecular complexity index is 1310. The molecule has 1 atom stereocenters. The molecule has 44 heavy (non-hydrogen) atoms. The SMILES string of the molecule is CCCCOC(C)(OCCCC)N(C(=O)c1ccc(Oc2ccccc2)c(NC(=O)C(Cl)C(=O)C(C)(C)CC)c1)P(=O)(O)O. The number of ether oxygens (including phenoxy) is 3. The zero-order valence-corrected chi connectivity index (χ0v) is 27.8. The van der Waals surface area contributed by atoms with Crippen molar-refractivity contribution in [2.75, 3.05) is 18.5 Å². The number of carbonyl (C=O) groups is 3. The van der Waals surface area contributed by atoms with Crippen molar-refractivity contribution in [2.45, 2.75) is 84.9 Å². The van der Waals surface area contributed by atoms with Gasteiger partial charge in [-0.25, -0.2) is 4.57 Å². The second-order valence-corrected chi connectivity index (χ2v) is 12.9. The summed E-state index contributed by atoms with van der Waals surface area (Å²) in [5.74, 6) is -4.08. The van der Waals surface area contributed by atoms with Crippen LogP contribution in [0.15, 0.2) is 48.5 Å². The maximum absolute atomic E-state index is 13.9. The topological polar surface area (TPSA) is 152 Å². The summed E-state index contributed by atoms with van der Waals surface area (Å²) in [5, 5.41) is 1.01. The summed E-state index contributed by atoms with van der Waals surface area (Å²) in [6.07, 6.45) is 3.04. The lowest BCUT2D eigenvalue weighted by Gasteiger charge is -2.40. The van der Waals surface area contributed by atoms with E-state index in [4.69, 9.17) is 25.8 Å². The number of para-hydroxylation sites is 1. The first-order valence-corrected chi connectivity index (χ1v) is 16.7. The number of benzene rings is 2. The number of unbranched alkanes of at least 4 members (excludes halogenated alkanes) is 2. The van der Waals surface area contributed by atoms with Crippen molar-refractivity contribution in [3.63, 3.8) is 0 Å². The number of anilines is 1. The smallest absolute Gasteiger partial charge is 0.436 e. The fraction of sp³-hybridized carbons (Fsp3) is 0.516. The molecule has 0 saturated carbocycles. The van der Waals surface area contributed by atoms with Gasteiger partial charge in [0.1, 0.15) is 5.75 Å². The number of carbonyl (C=O) groups excluding carboxylic acids is 3. The Morgan fingerprint density at radius 1 is 0.955 bits per heavy atom. The van der Waals surface area contributed by atoms with Gasteiger partial charge in [0.15, 0.2) is 16.9 Å². The molecule has 3 N–H and O–H groups in total. The monoisotopic (exact) mass is 654 g/mol. The van der Waals surface area contributed by atoms with Crippen LogP contribution in [0.5, 0.6) is 11.5 Å². The van der Waals surface area contributed by atoms with Gasteiger partial charge in [-0.3, -0.25) is 14.4 Å². The molecule has 0 fully saturated rings. The number of halogens is 1. The summed E-state index contributed by atoms with van der Waals surface area (Å²) in [7, 11) is -5.33. The first-order valence-electron chi connectivity index (χ1n) is 14.7. The van der Waals surface area contributed by atoms with Crippen molar-refractivity contribution >= 4 is 42.6 Å². The molecule has 0 aliphatic heterocycles. The molecule has 2 aromatic rings. The first-order chi connectivity index (χ1) is 20.6. The summed E-state index contributed by atoms with van der Waals surface area (Å²) in [4.78, 5) is 60.7. The molecule has 0 aliphatic carbocycles. The van der Waals surface area contributed by atoms with E-state index in [0.717, 1.165) is 12.8 Å². The summed E-state index contributed by atoms with van der Waals surface area (Å²) in [5.41, 5.74) is -1.14. The number of ketones is 1. The Morgan fingerprint density at radius 2 is 1.52 bits per heavy atom. The number of amides is 2. The van der Waals surface area contributed by atoms with E-state index in [0.29, 0.717) is 25.0 Å². The number of nitrogens with zero attached hydrogens (tertiary/aromatic N) is 1. The lowest BCUT2D eigenvalue weighted by atomic mass is 9.83. The zero-order chi connectivity index (χ0) is 33.1. The highest BCUT2D eigenvalue weighted by Crippen LogP contribution is 2.48. The number of hydrogen-bond acceptors (Lipinski definition) is 7. The maximum atomic E-state index is 13.9. The molecule has 0 aliphatic rings. The molecule has 0 bridgehead atoms. The van der Waals surface area contributed by atoms with Crippen LogP contribution in [0.3, 0.4) is 0 Å². The molecule has 11 nitrogen and oxygen atoms in total. The minimum atomic E-state index is -5.33. The fourth-order valence-corrected chi connectivity index (χ4v) is 5.23. The molecule has 2 aromatic carbocycles. The maximum Gasteiger partial charge on any atom is 0.436 e. The number of rotatable bonds is 18. The Morgan fingerprint density at radius 3 is 2.02 bits per heavy atom. The van der Waals surface area contributed by atoms with Crippen LogP contribution in [-0.2, 0) is 23.6 Å². The lowest BCUT2D eigenvalue weighted by molar-refractivity contribution is -0.275. The van der Waals surface area contributed by atoms with Crippen molar-refractivity contribution in [1.82, 2.24) is 4.67 Å². The Kier molecular flexibility index (Phi) is 14.0. The Balaban J connectivity index is 2.59. The lowest BCUT2D eigenvalue weighted by Crippen LogP contribution is -2.52. The van der Waals surface area contributed by atoms with Crippen LogP contribution < -0.4 is 10.1 Å². The van der Waals surface area contributed by atoms with Crippen LogP contribution in [0.1, 0.15) is 84.0 Å². The Labute approximate surface area is 264 Å². The van der Waals surface area contributed by atoms with E-state index in [-0.39, 0.29) is 34.9 Å². The molecule has 0 heterocycles. The third-order valence-corrected chi connectivity index (χ3v) is 8.50. The standard InChI is InChI=1S/C31H44ClN2O9P/c1-7-10-19-41-31(6,42-20-11-8-2)34(44(38,39)40)29(37)22-17-18-25(43-23-15-13-12-14-16-23)24(21-22)33-28(36)26(32)27(35)30(4,5)9-3/h12-18,21,26H,7-11,19-20H2,1-6H3,(H,33,36)(H2,38,39,40). The summed E-state index contributed by atoms with van der Waals surface area (Å²) >= 11 is 6.29. The molecule has 0 aromatic heterocycles. The van der Waals surface area contributed by atoms with Crippen LogP contribution in [-0.4, -0.2) is 56.6 Å². The van der Waals surface area contributed by atoms with Gasteiger partial charge in [0.2, 0.25) is 5.91 Å². The van der Waals surface area contributed by atoms with Gasteiger partial charge in [-0.05, 0) is 49.6 Å². The highest BCUT2D eigenvalue weighted by atomic mass is 35.5. The van der Waals surface area contributed by atoms with Crippen molar-refractivity contribution in [3.8, 4) is 11.5 Å². The predicted octanol–water partition coefficient (Wildman–Crippen LogP) is 6.87. The van der Waals surface area contributed by atoms with E-state index in [9.17, 15) is 28.7 Å². The molecule has 13 heteroatoms.